The third-order valence-electron chi connectivity index (χ3n) is 3.18. The van der Waals surface area contributed by atoms with Crippen molar-refractivity contribution in [3.63, 3.8) is 0 Å². The number of phenolic OH excluding ortho intramolecular Hbond substituents is 1. The quantitative estimate of drug-likeness (QED) is 0.838. The van der Waals surface area contributed by atoms with Crippen molar-refractivity contribution in [1.82, 2.24) is 15.4 Å². The van der Waals surface area contributed by atoms with Crippen molar-refractivity contribution in [3.8, 4) is 11.5 Å². The predicted octanol–water partition coefficient (Wildman–Crippen LogP) is 2.65. The van der Waals surface area contributed by atoms with Crippen LogP contribution in [0.5, 0.6) is 11.5 Å². The Morgan fingerprint density at radius 3 is 2.84 bits per heavy atom. The van der Waals surface area contributed by atoms with Crippen LogP contribution in [0.2, 0.25) is 0 Å². The summed E-state index contributed by atoms with van der Waals surface area (Å²) in [6.07, 6.45) is 3.37. The number of para-hydroxylation sites is 1. The van der Waals surface area contributed by atoms with Gasteiger partial charge in [-0.2, -0.15) is 15.4 Å². The van der Waals surface area contributed by atoms with Crippen LogP contribution in [0.1, 0.15) is 37.4 Å². The number of nitrogens with zero attached hydrogens (tertiary/aromatic N) is 2. The monoisotopic (exact) mass is 261 g/mol. The molecule has 1 heterocycles. The molecule has 0 saturated heterocycles. The first-order valence-electron chi connectivity index (χ1n) is 6.55. The van der Waals surface area contributed by atoms with E-state index in [0.717, 1.165) is 24.1 Å². The highest BCUT2D eigenvalue weighted by Gasteiger charge is 2.18. The van der Waals surface area contributed by atoms with Crippen LogP contribution in [0.3, 0.4) is 0 Å². The maximum absolute atomic E-state index is 10.3. The topological polar surface area (TPSA) is 71.0 Å². The lowest BCUT2D eigenvalue weighted by molar-refractivity contribution is 0.315. The molecule has 0 aliphatic rings. The Hall–Kier alpha value is -2.04. The van der Waals surface area contributed by atoms with Crippen LogP contribution in [0, 0.1) is 0 Å². The van der Waals surface area contributed by atoms with Crippen LogP contribution in [-0.4, -0.2) is 27.1 Å². The van der Waals surface area contributed by atoms with Gasteiger partial charge >= 0.3 is 0 Å². The fraction of sp³-hybridized carbons (Fsp3) is 0.429. The summed E-state index contributed by atoms with van der Waals surface area (Å²) in [5, 5.41) is 20.8. The molecule has 2 rings (SSSR count). The minimum absolute atomic E-state index is 0.200. The molecule has 102 valence electrons. The van der Waals surface area contributed by atoms with Crippen LogP contribution in [0.15, 0.2) is 24.4 Å². The van der Waals surface area contributed by atoms with Crippen molar-refractivity contribution in [2.75, 3.05) is 6.61 Å². The molecule has 0 bridgehead atoms. The van der Waals surface area contributed by atoms with Crippen molar-refractivity contribution >= 4 is 0 Å². The van der Waals surface area contributed by atoms with Gasteiger partial charge < -0.3 is 9.84 Å². The minimum Gasteiger partial charge on any atom is -0.504 e. The molecule has 1 unspecified atom stereocenters. The summed E-state index contributed by atoms with van der Waals surface area (Å²) >= 11 is 0. The van der Waals surface area contributed by atoms with Gasteiger partial charge in [-0.3, -0.25) is 0 Å². The zero-order valence-corrected chi connectivity index (χ0v) is 11.3. The van der Waals surface area contributed by atoms with E-state index in [9.17, 15) is 5.11 Å². The van der Waals surface area contributed by atoms with Crippen LogP contribution in [0.4, 0.5) is 0 Å². The standard InChI is InChI=1S/C14H19N3O2/c1-3-10(8-11-9-15-17-16-11)12-6-5-7-13(14(12)18)19-4-2/h5-7,9-10,18H,3-4,8H2,1-2H3,(H,15,16,17). The SMILES string of the molecule is CCOc1cccc(C(CC)Cc2cn[nH]n2)c1O. The first kappa shape index (κ1) is 13.4. The van der Waals surface area contributed by atoms with E-state index < -0.39 is 0 Å². The van der Waals surface area contributed by atoms with Crippen molar-refractivity contribution < 1.29 is 9.84 Å². The molecule has 1 aromatic heterocycles. The Morgan fingerprint density at radius 2 is 2.21 bits per heavy atom. The van der Waals surface area contributed by atoms with E-state index in [0.29, 0.717) is 12.4 Å². The van der Waals surface area contributed by atoms with Gasteiger partial charge in [0.1, 0.15) is 0 Å². The molecule has 1 aromatic carbocycles. The molecular formula is C14H19N3O2. The number of aromatic nitrogens is 3. The molecule has 5 heteroatoms. The molecular weight excluding hydrogens is 242 g/mol. The molecule has 0 saturated carbocycles. The van der Waals surface area contributed by atoms with Crippen molar-refractivity contribution in [1.29, 1.82) is 0 Å². The molecule has 1 atom stereocenters. The number of aromatic amines is 1. The van der Waals surface area contributed by atoms with Gasteiger partial charge in [-0.25, -0.2) is 0 Å². The number of hydrogen-bond donors (Lipinski definition) is 2. The van der Waals surface area contributed by atoms with E-state index in [1.807, 2.05) is 19.1 Å². The van der Waals surface area contributed by atoms with E-state index in [-0.39, 0.29) is 11.7 Å². The number of benzene rings is 1. The van der Waals surface area contributed by atoms with Crippen LogP contribution in [-0.2, 0) is 6.42 Å². The summed E-state index contributed by atoms with van der Waals surface area (Å²) in [6.45, 7) is 4.54. The smallest absolute Gasteiger partial charge is 0.161 e. The summed E-state index contributed by atoms with van der Waals surface area (Å²) in [6, 6.07) is 5.63. The molecule has 2 aromatic rings. The highest BCUT2D eigenvalue weighted by molar-refractivity contribution is 5.47. The van der Waals surface area contributed by atoms with E-state index in [1.165, 1.54) is 0 Å². The van der Waals surface area contributed by atoms with Crippen LogP contribution < -0.4 is 4.74 Å². The number of nitrogens with one attached hydrogen (secondary N) is 1. The summed E-state index contributed by atoms with van der Waals surface area (Å²) < 4.78 is 5.42. The molecule has 0 aliphatic carbocycles. The Balaban J connectivity index is 2.25. The second-order valence-corrected chi connectivity index (χ2v) is 4.40. The molecule has 2 N–H and O–H groups in total. The van der Waals surface area contributed by atoms with Crippen LogP contribution in [0.25, 0.3) is 0 Å². The van der Waals surface area contributed by atoms with Gasteiger partial charge in [0.05, 0.1) is 18.5 Å². The second kappa shape index (κ2) is 6.22. The van der Waals surface area contributed by atoms with E-state index >= 15 is 0 Å². The largest absolute Gasteiger partial charge is 0.504 e. The third-order valence-corrected chi connectivity index (χ3v) is 3.18. The van der Waals surface area contributed by atoms with E-state index in [4.69, 9.17) is 4.74 Å². The molecule has 19 heavy (non-hydrogen) atoms. The Bertz CT molecular complexity index is 511. The lowest BCUT2D eigenvalue weighted by Crippen LogP contribution is -2.04. The Morgan fingerprint density at radius 1 is 1.37 bits per heavy atom. The molecule has 0 radical (unpaired) electrons. The van der Waals surface area contributed by atoms with Gasteiger partial charge in [-0.15, -0.1) is 0 Å². The molecule has 0 amide bonds. The zero-order valence-electron chi connectivity index (χ0n) is 11.3. The summed E-state index contributed by atoms with van der Waals surface area (Å²) in [5.74, 6) is 0.976. The van der Waals surface area contributed by atoms with Gasteiger partial charge in [0.15, 0.2) is 11.5 Å². The normalized spacial score (nSPS) is 12.3. The highest BCUT2D eigenvalue weighted by atomic mass is 16.5. The fourth-order valence-corrected chi connectivity index (χ4v) is 2.19. The van der Waals surface area contributed by atoms with Crippen molar-refractivity contribution in [2.45, 2.75) is 32.6 Å². The average Bonchev–Trinajstić information content (AvgIpc) is 2.92. The Kier molecular flexibility index (Phi) is 4.39. The number of hydrogen-bond acceptors (Lipinski definition) is 4. The first-order chi connectivity index (χ1) is 9.26. The fourth-order valence-electron chi connectivity index (χ4n) is 2.19. The van der Waals surface area contributed by atoms with Crippen molar-refractivity contribution in [3.05, 3.63) is 35.7 Å². The number of phenols is 1. The number of rotatable bonds is 6. The third kappa shape index (κ3) is 3.05. The average molecular weight is 261 g/mol. The molecule has 0 spiro atoms. The van der Waals surface area contributed by atoms with Gasteiger partial charge in [-0.1, -0.05) is 19.1 Å². The number of aromatic hydroxyl groups is 1. The van der Waals surface area contributed by atoms with Crippen molar-refractivity contribution in [2.24, 2.45) is 0 Å². The first-order valence-corrected chi connectivity index (χ1v) is 6.55. The van der Waals surface area contributed by atoms with Gasteiger partial charge in [-0.05, 0) is 25.3 Å². The molecule has 0 aliphatic heterocycles. The van der Waals surface area contributed by atoms with Gasteiger partial charge in [0.25, 0.3) is 0 Å². The lowest BCUT2D eigenvalue weighted by atomic mass is 9.91. The lowest BCUT2D eigenvalue weighted by Gasteiger charge is -2.17. The van der Waals surface area contributed by atoms with E-state index in [1.54, 1.807) is 12.3 Å². The Labute approximate surface area is 112 Å². The summed E-state index contributed by atoms with van der Waals surface area (Å²) in [7, 11) is 0. The molecule has 0 fully saturated rings. The van der Waals surface area contributed by atoms with Crippen LogP contribution >= 0.6 is 0 Å². The highest BCUT2D eigenvalue weighted by Crippen LogP contribution is 2.37. The zero-order chi connectivity index (χ0) is 13.7. The predicted molar refractivity (Wildman–Crippen MR) is 72.4 cm³/mol. The summed E-state index contributed by atoms with van der Waals surface area (Å²) in [5.41, 5.74) is 1.80. The van der Waals surface area contributed by atoms with Gasteiger partial charge in [0, 0.05) is 12.0 Å². The summed E-state index contributed by atoms with van der Waals surface area (Å²) in [4.78, 5) is 0. The van der Waals surface area contributed by atoms with Gasteiger partial charge in [0.2, 0.25) is 0 Å². The maximum atomic E-state index is 10.3. The number of ether oxygens (including phenoxy) is 1. The number of H-pyrrole nitrogens is 1. The minimum atomic E-state index is 0.200. The second-order valence-electron chi connectivity index (χ2n) is 4.40. The maximum Gasteiger partial charge on any atom is 0.161 e. The molecule has 5 nitrogen and oxygen atoms in total. The van der Waals surface area contributed by atoms with E-state index in [2.05, 4.69) is 22.3 Å².